The van der Waals surface area contributed by atoms with Gasteiger partial charge in [-0.2, -0.15) is 10.5 Å². The van der Waals surface area contributed by atoms with E-state index in [9.17, 15) is 4.79 Å². The predicted octanol–water partition coefficient (Wildman–Crippen LogP) is 2.48. The van der Waals surface area contributed by atoms with Crippen LogP contribution in [0.3, 0.4) is 0 Å². The minimum Gasteiger partial charge on any atom is -0.370 e. The topological polar surface area (TPSA) is 105 Å². The number of carbonyl (C=O) groups is 1. The molecule has 0 bridgehead atoms. The molecule has 28 heavy (non-hydrogen) atoms. The monoisotopic (exact) mass is 424 g/mol. The molecule has 1 saturated heterocycles. The summed E-state index contributed by atoms with van der Waals surface area (Å²) in [6.45, 7) is 1.86. The molecule has 1 amide bonds. The number of rotatable bonds is 6. The van der Waals surface area contributed by atoms with E-state index in [1.165, 1.54) is 0 Å². The van der Waals surface area contributed by atoms with E-state index >= 15 is 0 Å². The van der Waals surface area contributed by atoms with E-state index < -0.39 is 0 Å². The lowest BCUT2D eigenvalue weighted by Crippen LogP contribution is -2.43. The van der Waals surface area contributed by atoms with E-state index in [0.29, 0.717) is 30.6 Å². The van der Waals surface area contributed by atoms with Gasteiger partial charge in [0.2, 0.25) is 5.91 Å². The quantitative estimate of drug-likeness (QED) is 0.726. The standard InChI is InChI=1S/C19H24N6O.2ClH/c20-9-15-4-6-18(24-12-15)23-11-14-3-5-16(8-14)22-13-19(26)25-7-1-2-17(25)10-21;;/h4,6,12,14,16-17,22H,1-3,5,7-8,11,13H2,(H,23,24);2*1H/t14?,16?,17-;;/m0../s1. The Kier molecular flexibility index (Phi) is 10.0. The van der Waals surface area contributed by atoms with Gasteiger partial charge in [0.15, 0.2) is 0 Å². The summed E-state index contributed by atoms with van der Waals surface area (Å²) in [5.41, 5.74) is 0.557. The number of hydrogen-bond donors (Lipinski definition) is 2. The fourth-order valence-electron chi connectivity index (χ4n) is 3.79. The first-order valence-electron chi connectivity index (χ1n) is 9.22. The molecule has 1 aromatic rings. The molecule has 152 valence electrons. The molecular weight excluding hydrogens is 399 g/mol. The largest absolute Gasteiger partial charge is 0.370 e. The van der Waals surface area contributed by atoms with Crippen LogP contribution in [0.25, 0.3) is 0 Å². The Balaban J connectivity index is 0.00000196. The fourth-order valence-corrected chi connectivity index (χ4v) is 3.79. The lowest BCUT2D eigenvalue weighted by Gasteiger charge is -2.21. The highest BCUT2D eigenvalue weighted by molar-refractivity contribution is 5.85. The summed E-state index contributed by atoms with van der Waals surface area (Å²) >= 11 is 0. The van der Waals surface area contributed by atoms with E-state index in [1.807, 2.05) is 6.07 Å². The van der Waals surface area contributed by atoms with Crippen molar-refractivity contribution in [2.24, 2.45) is 5.92 Å². The van der Waals surface area contributed by atoms with Gasteiger partial charge in [0.05, 0.1) is 18.2 Å². The molecule has 9 heteroatoms. The number of nitrogens with one attached hydrogen (secondary N) is 2. The molecule has 3 atom stereocenters. The summed E-state index contributed by atoms with van der Waals surface area (Å²) in [5.74, 6) is 1.36. The van der Waals surface area contributed by atoms with Crippen LogP contribution in [0.5, 0.6) is 0 Å². The molecule has 0 spiro atoms. The highest BCUT2D eigenvalue weighted by Crippen LogP contribution is 2.26. The van der Waals surface area contributed by atoms with Gasteiger partial charge in [0.25, 0.3) is 0 Å². The number of aromatic nitrogens is 1. The number of anilines is 1. The number of pyridine rings is 1. The second-order valence-corrected chi connectivity index (χ2v) is 7.06. The van der Waals surface area contributed by atoms with Gasteiger partial charge < -0.3 is 15.5 Å². The number of halogens is 2. The van der Waals surface area contributed by atoms with Crippen LogP contribution in [0.4, 0.5) is 5.82 Å². The number of hydrogen-bond acceptors (Lipinski definition) is 6. The number of amides is 1. The van der Waals surface area contributed by atoms with Crippen LogP contribution in [0.1, 0.15) is 37.7 Å². The normalized spacial score (nSPS) is 23.1. The Labute approximate surface area is 178 Å². The Morgan fingerprint density at radius 3 is 2.75 bits per heavy atom. The Morgan fingerprint density at radius 1 is 1.25 bits per heavy atom. The fraction of sp³-hybridized carbons (Fsp3) is 0.579. The van der Waals surface area contributed by atoms with E-state index in [4.69, 9.17) is 10.5 Å². The zero-order chi connectivity index (χ0) is 18.4. The molecule has 2 N–H and O–H groups in total. The van der Waals surface area contributed by atoms with Crippen molar-refractivity contribution < 1.29 is 4.79 Å². The first-order chi connectivity index (χ1) is 12.7. The summed E-state index contributed by atoms with van der Waals surface area (Å²) < 4.78 is 0. The van der Waals surface area contributed by atoms with Crippen molar-refractivity contribution in [3.8, 4) is 12.1 Å². The van der Waals surface area contributed by atoms with E-state index in [-0.39, 0.29) is 36.8 Å². The first-order valence-corrected chi connectivity index (χ1v) is 9.22. The molecule has 7 nitrogen and oxygen atoms in total. The molecule has 1 aliphatic heterocycles. The van der Waals surface area contributed by atoms with E-state index in [2.05, 4.69) is 27.8 Å². The molecule has 1 aliphatic carbocycles. The summed E-state index contributed by atoms with van der Waals surface area (Å²) in [6, 6.07) is 7.96. The maximum atomic E-state index is 12.3. The van der Waals surface area contributed by atoms with Crippen LogP contribution in [0.15, 0.2) is 18.3 Å². The van der Waals surface area contributed by atoms with Crippen molar-refractivity contribution in [1.82, 2.24) is 15.2 Å². The highest BCUT2D eigenvalue weighted by atomic mass is 35.5. The van der Waals surface area contributed by atoms with Crippen LogP contribution < -0.4 is 10.6 Å². The summed E-state index contributed by atoms with van der Waals surface area (Å²) in [7, 11) is 0. The van der Waals surface area contributed by atoms with Crippen LogP contribution in [0.2, 0.25) is 0 Å². The molecular formula is C19H26Cl2N6O. The second-order valence-electron chi connectivity index (χ2n) is 7.06. The average molecular weight is 425 g/mol. The van der Waals surface area contributed by atoms with Gasteiger partial charge in [0.1, 0.15) is 17.9 Å². The van der Waals surface area contributed by atoms with Crippen molar-refractivity contribution in [3.05, 3.63) is 23.9 Å². The predicted molar refractivity (Wildman–Crippen MR) is 111 cm³/mol. The summed E-state index contributed by atoms with van der Waals surface area (Å²) in [5, 5.41) is 24.6. The molecule has 3 rings (SSSR count). The number of carbonyl (C=O) groups excluding carboxylic acids is 1. The van der Waals surface area contributed by atoms with Gasteiger partial charge in [-0.1, -0.05) is 0 Å². The highest BCUT2D eigenvalue weighted by Gasteiger charge is 2.30. The van der Waals surface area contributed by atoms with Gasteiger partial charge in [0, 0.05) is 25.3 Å². The molecule has 0 aromatic carbocycles. The van der Waals surface area contributed by atoms with Gasteiger partial charge in [-0.3, -0.25) is 4.79 Å². The molecule has 0 radical (unpaired) electrons. The van der Waals surface area contributed by atoms with Gasteiger partial charge in [-0.05, 0) is 50.2 Å². The number of likely N-dealkylation sites (tertiary alicyclic amines) is 1. The number of nitrogens with zero attached hydrogens (tertiary/aromatic N) is 4. The third kappa shape index (κ3) is 6.24. The zero-order valence-corrected chi connectivity index (χ0v) is 17.3. The Morgan fingerprint density at radius 2 is 2.07 bits per heavy atom. The van der Waals surface area contributed by atoms with Crippen molar-refractivity contribution in [2.45, 2.75) is 44.2 Å². The lowest BCUT2D eigenvalue weighted by atomic mass is 10.1. The maximum Gasteiger partial charge on any atom is 0.237 e. The molecule has 2 aliphatic rings. The molecule has 2 unspecified atom stereocenters. The van der Waals surface area contributed by atoms with Crippen LogP contribution in [0, 0.1) is 28.6 Å². The van der Waals surface area contributed by atoms with Gasteiger partial charge >= 0.3 is 0 Å². The molecule has 2 fully saturated rings. The minimum atomic E-state index is -0.246. The molecule has 2 heterocycles. The lowest BCUT2D eigenvalue weighted by molar-refractivity contribution is -0.130. The summed E-state index contributed by atoms with van der Waals surface area (Å²) in [6.07, 6.45) is 6.48. The van der Waals surface area contributed by atoms with Gasteiger partial charge in [-0.15, -0.1) is 24.8 Å². The third-order valence-corrected chi connectivity index (χ3v) is 5.27. The van der Waals surface area contributed by atoms with Crippen LogP contribution in [-0.4, -0.2) is 47.5 Å². The number of nitriles is 2. The van der Waals surface area contributed by atoms with Crippen LogP contribution >= 0.6 is 24.8 Å². The average Bonchev–Trinajstić information content (AvgIpc) is 3.34. The van der Waals surface area contributed by atoms with Crippen LogP contribution in [-0.2, 0) is 4.79 Å². The smallest absolute Gasteiger partial charge is 0.237 e. The third-order valence-electron chi connectivity index (χ3n) is 5.27. The zero-order valence-electron chi connectivity index (χ0n) is 15.6. The molecule has 1 saturated carbocycles. The maximum absolute atomic E-state index is 12.3. The van der Waals surface area contributed by atoms with Crippen molar-refractivity contribution >= 4 is 36.5 Å². The van der Waals surface area contributed by atoms with Crippen molar-refractivity contribution in [1.29, 1.82) is 10.5 Å². The van der Waals surface area contributed by atoms with Crippen molar-refractivity contribution in [3.63, 3.8) is 0 Å². The van der Waals surface area contributed by atoms with E-state index in [0.717, 1.165) is 44.5 Å². The second kappa shape index (κ2) is 11.7. The summed E-state index contributed by atoms with van der Waals surface area (Å²) in [4.78, 5) is 18.2. The SMILES string of the molecule is Cl.Cl.N#Cc1ccc(NCC2CCC(NCC(=O)N3CCC[C@H]3C#N)C2)nc1. The Hall–Kier alpha value is -2.06. The first kappa shape index (κ1) is 24.0. The van der Waals surface area contributed by atoms with E-state index in [1.54, 1.807) is 17.2 Å². The molecule has 1 aromatic heterocycles. The Bertz CT molecular complexity index is 715. The van der Waals surface area contributed by atoms with Gasteiger partial charge in [-0.25, -0.2) is 4.98 Å². The van der Waals surface area contributed by atoms with Crippen molar-refractivity contribution in [2.75, 3.05) is 25.0 Å². The minimum absolute atomic E-state index is 0.